The molecule has 0 aromatic heterocycles. The quantitative estimate of drug-likeness (QED) is 0.516. The van der Waals surface area contributed by atoms with E-state index in [9.17, 15) is 0 Å². The molecule has 1 unspecified atom stereocenters. The first kappa shape index (κ1) is 11.4. The van der Waals surface area contributed by atoms with Crippen LogP contribution in [0.15, 0.2) is 0 Å². The Bertz CT molecular complexity index is 76.0. The van der Waals surface area contributed by atoms with Gasteiger partial charge >= 0.3 is 0 Å². The third-order valence-corrected chi connectivity index (χ3v) is 2.32. The summed E-state index contributed by atoms with van der Waals surface area (Å²) in [4.78, 5) is 0. The van der Waals surface area contributed by atoms with Crippen LogP contribution in [0, 0.1) is 5.92 Å². The minimum Gasteiger partial charge on any atom is -0.316 e. The van der Waals surface area contributed by atoms with Crippen LogP contribution in [0.1, 0.15) is 33.1 Å². The van der Waals surface area contributed by atoms with Crippen molar-refractivity contribution in [2.24, 2.45) is 5.92 Å². The van der Waals surface area contributed by atoms with E-state index in [-0.39, 0.29) is 0 Å². The molecule has 0 rings (SSSR count). The van der Waals surface area contributed by atoms with Crippen molar-refractivity contribution in [3.63, 3.8) is 0 Å². The zero-order chi connectivity index (χ0) is 8.53. The van der Waals surface area contributed by atoms with Crippen molar-refractivity contribution in [1.29, 1.82) is 0 Å². The Labute approximate surface area is 79.1 Å². The fraction of sp³-hybridized carbons (Fsp3) is 1.00. The van der Waals surface area contributed by atoms with Crippen molar-refractivity contribution in [3.05, 3.63) is 0 Å². The molecular formula is C9H20BrN. The van der Waals surface area contributed by atoms with Gasteiger partial charge in [0.2, 0.25) is 0 Å². The molecule has 0 saturated heterocycles. The molecule has 0 spiro atoms. The van der Waals surface area contributed by atoms with Crippen molar-refractivity contribution < 1.29 is 0 Å². The van der Waals surface area contributed by atoms with E-state index >= 15 is 0 Å². The summed E-state index contributed by atoms with van der Waals surface area (Å²) in [6.45, 7) is 6.89. The van der Waals surface area contributed by atoms with Crippen molar-refractivity contribution in [2.45, 2.75) is 33.1 Å². The fourth-order valence-electron chi connectivity index (χ4n) is 1.14. The Morgan fingerprint density at radius 3 is 2.73 bits per heavy atom. The van der Waals surface area contributed by atoms with Crippen LogP contribution in [0.25, 0.3) is 0 Å². The number of rotatable bonds is 7. The molecule has 0 aliphatic heterocycles. The van der Waals surface area contributed by atoms with Crippen LogP contribution in [0.5, 0.6) is 0 Å². The van der Waals surface area contributed by atoms with Crippen molar-refractivity contribution in [3.8, 4) is 0 Å². The summed E-state index contributed by atoms with van der Waals surface area (Å²) in [6.07, 6.45) is 3.89. The predicted octanol–water partition coefficient (Wildman–Crippen LogP) is 2.80. The molecule has 1 N–H and O–H groups in total. The molecule has 0 radical (unpaired) electrons. The van der Waals surface area contributed by atoms with Gasteiger partial charge in [-0.25, -0.2) is 0 Å². The van der Waals surface area contributed by atoms with Crippen molar-refractivity contribution >= 4 is 15.9 Å². The Morgan fingerprint density at radius 2 is 2.18 bits per heavy atom. The lowest BCUT2D eigenvalue weighted by Gasteiger charge is -2.10. The summed E-state index contributed by atoms with van der Waals surface area (Å²) in [7, 11) is 0. The van der Waals surface area contributed by atoms with E-state index in [1.54, 1.807) is 0 Å². The number of hydrogen-bond acceptors (Lipinski definition) is 1. The molecule has 0 aromatic rings. The Balaban J connectivity index is 2.97. The molecule has 0 bridgehead atoms. The minimum absolute atomic E-state index is 0.843. The van der Waals surface area contributed by atoms with Gasteiger partial charge in [0.25, 0.3) is 0 Å². The van der Waals surface area contributed by atoms with Crippen LogP contribution in [-0.2, 0) is 0 Å². The Kier molecular flexibility index (Phi) is 8.88. The van der Waals surface area contributed by atoms with Crippen LogP contribution in [-0.4, -0.2) is 18.4 Å². The largest absolute Gasteiger partial charge is 0.316 e. The third-order valence-electron chi connectivity index (χ3n) is 1.76. The first-order chi connectivity index (χ1) is 5.31. The maximum absolute atomic E-state index is 3.44. The van der Waals surface area contributed by atoms with Gasteiger partial charge in [0.15, 0.2) is 0 Å². The van der Waals surface area contributed by atoms with Gasteiger partial charge in [0.1, 0.15) is 0 Å². The van der Waals surface area contributed by atoms with Crippen molar-refractivity contribution in [1.82, 2.24) is 5.32 Å². The van der Waals surface area contributed by atoms with Gasteiger partial charge in [-0.1, -0.05) is 36.2 Å². The number of hydrogen-bond donors (Lipinski definition) is 1. The van der Waals surface area contributed by atoms with Crippen LogP contribution in [0.4, 0.5) is 0 Å². The second-order valence-electron chi connectivity index (χ2n) is 3.14. The zero-order valence-corrected chi connectivity index (χ0v) is 9.28. The molecule has 0 aliphatic carbocycles. The molecule has 0 aromatic carbocycles. The molecule has 0 aliphatic rings. The molecule has 11 heavy (non-hydrogen) atoms. The van der Waals surface area contributed by atoms with E-state index in [2.05, 4.69) is 35.1 Å². The molecule has 0 fully saturated rings. The van der Waals surface area contributed by atoms with E-state index in [0.29, 0.717) is 0 Å². The number of alkyl halides is 1. The lowest BCUT2D eigenvalue weighted by atomic mass is 10.1. The first-order valence-electron chi connectivity index (χ1n) is 4.58. The van der Waals surface area contributed by atoms with Gasteiger partial charge < -0.3 is 5.32 Å². The van der Waals surface area contributed by atoms with Crippen LogP contribution in [0.3, 0.4) is 0 Å². The van der Waals surface area contributed by atoms with E-state index < -0.39 is 0 Å². The highest BCUT2D eigenvalue weighted by molar-refractivity contribution is 9.09. The normalized spacial score (nSPS) is 13.4. The Morgan fingerprint density at radius 1 is 1.45 bits per heavy atom. The SMILES string of the molecule is CCCC(C)CNCCCBr. The average molecular weight is 222 g/mol. The smallest absolute Gasteiger partial charge is 0.00433 e. The van der Waals surface area contributed by atoms with Crippen LogP contribution < -0.4 is 5.32 Å². The van der Waals surface area contributed by atoms with Gasteiger partial charge in [-0.05, 0) is 31.8 Å². The molecular weight excluding hydrogens is 202 g/mol. The van der Waals surface area contributed by atoms with E-state index in [0.717, 1.165) is 17.8 Å². The highest BCUT2D eigenvalue weighted by Crippen LogP contribution is 2.02. The van der Waals surface area contributed by atoms with Gasteiger partial charge in [0, 0.05) is 5.33 Å². The summed E-state index contributed by atoms with van der Waals surface area (Å²) in [6, 6.07) is 0. The lowest BCUT2D eigenvalue weighted by molar-refractivity contribution is 0.477. The highest BCUT2D eigenvalue weighted by Gasteiger charge is 1.97. The molecule has 0 saturated carbocycles. The third kappa shape index (κ3) is 8.35. The summed E-state index contributed by atoms with van der Waals surface area (Å²) in [5.74, 6) is 0.843. The summed E-state index contributed by atoms with van der Waals surface area (Å²) in [5, 5.41) is 4.55. The molecule has 2 heteroatoms. The fourth-order valence-corrected chi connectivity index (χ4v) is 1.42. The standard InChI is InChI=1S/C9H20BrN/c1-3-5-9(2)8-11-7-4-6-10/h9,11H,3-8H2,1-2H3. The van der Waals surface area contributed by atoms with Crippen molar-refractivity contribution in [2.75, 3.05) is 18.4 Å². The van der Waals surface area contributed by atoms with Crippen LogP contribution in [0.2, 0.25) is 0 Å². The molecule has 1 nitrogen and oxygen atoms in total. The maximum Gasteiger partial charge on any atom is 0.00433 e. The van der Waals surface area contributed by atoms with E-state index in [1.807, 2.05) is 0 Å². The lowest BCUT2D eigenvalue weighted by Crippen LogP contribution is -2.22. The number of halogens is 1. The average Bonchev–Trinajstić information content (AvgIpc) is 1.99. The van der Waals surface area contributed by atoms with Gasteiger partial charge in [-0.15, -0.1) is 0 Å². The summed E-state index contributed by atoms with van der Waals surface area (Å²) in [5.41, 5.74) is 0. The maximum atomic E-state index is 3.44. The molecule has 0 heterocycles. The van der Waals surface area contributed by atoms with E-state index in [1.165, 1.54) is 25.8 Å². The second-order valence-corrected chi connectivity index (χ2v) is 3.93. The Hall–Kier alpha value is 0.440. The first-order valence-corrected chi connectivity index (χ1v) is 5.70. The molecule has 68 valence electrons. The molecule has 0 amide bonds. The van der Waals surface area contributed by atoms with Gasteiger partial charge in [-0.3, -0.25) is 0 Å². The highest BCUT2D eigenvalue weighted by atomic mass is 79.9. The predicted molar refractivity (Wildman–Crippen MR) is 55.4 cm³/mol. The molecule has 1 atom stereocenters. The van der Waals surface area contributed by atoms with E-state index in [4.69, 9.17) is 0 Å². The summed E-state index contributed by atoms with van der Waals surface area (Å²) >= 11 is 3.41. The number of nitrogens with one attached hydrogen (secondary N) is 1. The van der Waals surface area contributed by atoms with Crippen LogP contribution >= 0.6 is 15.9 Å². The minimum atomic E-state index is 0.843. The summed E-state index contributed by atoms with van der Waals surface area (Å²) < 4.78 is 0. The van der Waals surface area contributed by atoms with Gasteiger partial charge in [0.05, 0.1) is 0 Å². The topological polar surface area (TPSA) is 12.0 Å². The zero-order valence-electron chi connectivity index (χ0n) is 7.70. The van der Waals surface area contributed by atoms with Gasteiger partial charge in [-0.2, -0.15) is 0 Å². The monoisotopic (exact) mass is 221 g/mol. The second kappa shape index (κ2) is 8.54.